The van der Waals surface area contributed by atoms with Gasteiger partial charge in [0.1, 0.15) is 0 Å². The van der Waals surface area contributed by atoms with Crippen LogP contribution in [0.25, 0.3) is 0 Å². The van der Waals surface area contributed by atoms with Crippen molar-refractivity contribution >= 4 is 5.91 Å². The molecule has 1 N–H and O–H groups in total. The lowest BCUT2D eigenvalue weighted by molar-refractivity contribution is -0.122. The normalized spacial score (nSPS) is 32.6. The van der Waals surface area contributed by atoms with Crippen LogP contribution in [0.1, 0.15) is 39.5 Å². The number of nitrogens with zero attached hydrogens (tertiary/aromatic N) is 2. The number of carbonyl (C=O) groups is 1. The Morgan fingerprint density at radius 2 is 2.19 bits per heavy atom. The van der Waals surface area contributed by atoms with Crippen molar-refractivity contribution in [1.82, 2.24) is 15.1 Å². The van der Waals surface area contributed by atoms with Gasteiger partial charge in [-0.3, -0.25) is 14.6 Å². The number of amides is 1. The SMILES string of the molecule is CCC(CC)CN1C[C@@H]2[C@H](CNC(=O)CN(C)CCOC)[C@H]3CC[C@]2(C1)O3. The molecule has 0 unspecified atom stereocenters. The van der Waals surface area contributed by atoms with Crippen LogP contribution in [0.5, 0.6) is 0 Å². The molecule has 0 aromatic heterocycles. The Hall–Kier alpha value is -0.690. The lowest BCUT2D eigenvalue weighted by Crippen LogP contribution is -2.44. The molecule has 0 aromatic rings. The van der Waals surface area contributed by atoms with Crippen LogP contribution in [0.3, 0.4) is 0 Å². The molecule has 6 heteroatoms. The maximum atomic E-state index is 12.3. The van der Waals surface area contributed by atoms with E-state index in [0.29, 0.717) is 31.1 Å². The van der Waals surface area contributed by atoms with Gasteiger partial charge in [0.25, 0.3) is 0 Å². The van der Waals surface area contributed by atoms with Crippen LogP contribution >= 0.6 is 0 Å². The summed E-state index contributed by atoms with van der Waals surface area (Å²) in [6, 6.07) is 0. The fourth-order valence-corrected chi connectivity index (χ4v) is 5.47. The van der Waals surface area contributed by atoms with Crippen molar-refractivity contribution in [3.8, 4) is 0 Å². The molecule has 3 saturated heterocycles. The average Bonchev–Trinajstić information content (AvgIpc) is 3.30. The third-order valence-corrected chi connectivity index (χ3v) is 7.15. The summed E-state index contributed by atoms with van der Waals surface area (Å²) in [5, 5.41) is 3.18. The number of nitrogens with one attached hydrogen (secondary N) is 1. The largest absolute Gasteiger partial charge is 0.383 e. The number of likely N-dealkylation sites (tertiary alicyclic amines) is 1. The van der Waals surface area contributed by atoms with Gasteiger partial charge >= 0.3 is 0 Å². The molecule has 3 rings (SSSR count). The molecule has 0 saturated carbocycles. The first-order chi connectivity index (χ1) is 13.0. The number of methoxy groups -OCH3 is 1. The quantitative estimate of drug-likeness (QED) is 0.589. The fourth-order valence-electron chi connectivity index (χ4n) is 5.47. The number of ether oxygens (including phenoxy) is 2. The van der Waals surface area contributed by atoms with E-state index in [1.165, 1.54) is 25.8 Å². The Kier molecular flexibility index (Phi) is 7.17. The first kappa shape index (κ1) is 21.0. The fraction of sp³-hybridized carbons (Fsp3) is 0.952. The molecule has 0 aromatic carbocycles. The molecule has 0 radical (unpaired) electrons. The lowest BCUT2D eigenvalue weighted by Gasteiger charge is -2.29. The third kappa shape index (κ3) is 4.66. The third-order valence-electron chi connectivity index (χ3n) is 7.15. The summed E-state index contributed by atoms with van der Waals surface area (Å²) in [4.78, 5) is 17.0. The molecule has 156 valence electrons. The van der Waals surface area contributed by atoms with Gasteiger partial charge in [-0.1, -0.05) is 26.7 Å². The van der Waals surface area contributed by atoms with Crippen molar-refractivity contribution in [2.75, 3.05) is 60.0 Å². The van der Waals surface area contributed by atoms with Crippen molar-refractivity contribution in [2.45, 2.75) is 51.2 Å². The number of likely N-dealkylation sites (N-methyl/N-ethyl adjacent to an activating group) is 1. The summed E-state index contributed by atoms with van der Waals surface area (Å²) in [7, 11) is 3.65. The second-order valence-corrected chi connectivity index (χ2v) is 8.94. The highest BCUT2D eigenvalue weighted by atomic mass is 16.5. The summed E-state index contributed by atoms with van der Waals surface area (Å²) >= 11 is 0. The Morgan fingerprint density at radius 1 is 1.41 bits per heavy atom. The van der Waals surface area contributed by atoms with Crippen LogP contribution in [0.4, 0.5) is 0 Å². The highest BCUT2D eigenvalue weighted by Gasteiger charge is 2.62. The maximum absolute atomic E-state index is 12.3. The van der Waals surface area contributed by atoms with E-state index in [9.17, 15) is 4.79 Å². The number of hydrogen-bond donors (Lipinski definition) is 1. The Labute approximate surface area is 164 Å². The zero-order valence-corrected chi connectivity index (χ0v) is 17.7. The van der Waals surface area contributed by atoms with Crippen molar-refractivity contribution in [1.29, 1.82) is 0 Å². The molecule has 6 nitrogen and oxygen atoms in total. The van der Waals surface area contributed by atoms with E-state index < -0.39 is 0 Å². The van der Waals surface area contributed by atoms with Crippen LogP contribution in [-0.4, -0.2) is 87.4 Å². The summed E-state index contributed by atoms with van der Waals surface area (Å²) in [5.41, 5.74) is 0.0708. The molecule has 1 spiro atoms. The molecule has 3 aliphatic heterocycles. The Bertz CT molecular complexity index is 499. The van der Waals surface area contributed by atoms with Crippen molar-refractivity contribution in [3.05, 3.63) is 0 Å². The minimum atomic E-state index is 0.0708. The highest BCUT2D eigenvalue weighted by Crippen LogP contribution is 2.54. The zero-order valence-electron chi connectivity index (χ0n) is 17.7. The molecular weight excluding hydrogens is 342 g/mol. The Balaban J connectivity index is 1.50. The van der Waals surface area contributed by atoms with Crippen molar-refractivity contribution in [3.63, 3.8) is 0 Å². The van der Waals surface area contributed by atoms with Gasteiger partial charge in [-0.2, -0.15) is 0 Å². The summed E-state index contributed by atoms with van der Waals surface area (Å²) in [6.45, 7) is 10.6. The zero-order chi connectivity index (χ0) is 19.4. The topological polar surface area (TPSA) is 54.0 Å². The van der Waals surface area contributed by atoms with Gasteiger partial charge in [-0.25, -0.2) is 0 Å². The van der Waals surface area contributed by atoms with Gasteiger partial charge in [-0.15, -0.1) is 0 Å². The average molecular weight is 382 g/mol. The Morgan fingerprint density at radius 3 is 2.89 bits per heavy atom. The van der Waals surface area contributed by atoms with Gasteiger partial charge < -0.3 is 14.8 Å². The number of rotatable bonds is 11. The van der Waals surface area contributed by atoms with E-state index in [2.05, 4.69) is 24.1 Å². The van der Waals surface area contributed by atoms with E-state index >= 15 is 0 Å². The molecule has 0 aliphatic carbocycles. The van der Waals surface area contributed by atoms with Gasteiger partial charge in [0, 0.05) is 51.7 Å². The van der Waals surface area contributed by atoms with Crippen LogP contribution in [-0.2, 0) is 14.3 Å². The summed E-state index contributed by atoms with van der Waals surface area (Å²) < 4.78 is 11.6. The first-order valence-electron chi connectivity index (χ1n) is 10.9. The number of hydrogen-bond acceptors (Lipinski definition) is 5. The number of carbonyl (C=O) groups excluding carboxylic acids is 1. The van der Waals surface area contributed by atoms with Crippen LogP contribution < -0.4 is 5.32 Å². The predicted octanol–water partition coefficient (Wildman–Crippen LogP) is 1.60. The minimum absolute atomic E-state index is 0.0708. The second kappa shape index (κ2) is 9.21. The standard InChI is InChI=1S/C21H39N3O3/c1-5-16(6-2)12-24-13-18-17(19-7-8-21(18,15-24)27-19)11-22-20(25)14-23(3)9-10-26-4/h16-19H,5-15H2,1-4H3,(H,22,25)/t17-,18+,19+,21+/m0/s1. The van der Waals surface area contributed by atoms with Gasteiger partial charge in [0.15, 0.2) is 0 Å². The summed E-state index contributed by atoms with van der Waals surface area (Å²) in [5.74, 6) is 1.95. The number of fused-ring (bicyclic) bond motifs is 1. The van der Waals surface area contributed by atoms with E-state index in [4.69, 9.17) is 9.47 Å². The lowest BCUT2D eigenvalue weighted by atomic mass is 9.73. The highest BCUT2D eigenvalue weighted by molar-refractivity contribution is 5.78. The smallest absolute Gasteiger partial charge is 0.234 e. The van der Waals surface area contributed by atoms with Gasteiger partial charge in [0.2, 0.25) is 5.91 Å². The minimum Gasteiger partial charge on any atom is -0.383 e. The van der Waals surface area contributed by atoms with Crippen LogP contribution in [0, 0.1) is 17.8 Å². The molecule has 1 amide bonds. The second-order valence-electron chi connectivity index (χ2n) is 8.94. The van der Waals surface area contributed by atoms with Crippen molar-refractivity contribution in [2.24, 2.45) is 17.8 Å². The van der Waals surface area contributed by atoms with Crippen LogP contribution in [0.2, 0.25) is 0 Å². The summed E-state index contributed by atoms with van der Waals surface area (Å²) in [6.07, 6.45) is 5.21. The van der Waals surface area contributed by atoms with Crippen molar-refractivity contribution < 1.29 is 14.3 Å². The molecule has 27 heavy (non-hydrogen) atoms. The molecule has 2 bridgehead atoms. The van der Waals surface area contributed by atoms with Gasteiger partial charge in [0.05, 0.1) is 24.9 Å². The predicted molar refractivity (Wildman–Crippen MR) is 107 cm³/mol. The van der Waals surface area contributed by atoms with E-state index in [-0.39, 0.29) is 11.5 Å². The first-order valence-corrected chi connectivity index (χ1v) is 10.9. The van der Waals surface area contributed by atoms with E-state index in [1.807, 2.05) is 11.9 Å². The van der Waals surface area contributed by atoms with E-state index in [1.54, 1.807) is 7.11 Å². The maximum Gasteiger partial charge on any atom is 0.234 e. The van der Waals surface area contributed by atoms with E-state index in [0.717, 1.165) is 38.5 Å². The molecular formula is C21H39N3O3. The molecule has 3 aliphatic rings. The monoisotopic (exact) mass is 381 g/mol. The molecule has 3 fully saturated rings. The van der Waals surface area contributed by atoms with Crippen LogP contribution in [0.15, 0.2) is 0 Å². The molecule has 4 atom stereocenters. The van der Waals surface area contributed by atoms with Gasteiger partial charge in [-0.05, 0) is 25.8 Å². The molecule has 3 heterocycles.